The Labute approximate surface area is 82.7 Å². The van der Waals surface area contributed by atoms with E-state index < -0.39 is 0 Å². The summed E-state index contributed by atoms with van der Waals surface area (Å²) >= 11 is 0. The van der Waals surface area contributed by atoms with Gasteiger partial charge in [-0.15, -0.1) is 0 Å². The molecule has 0 radical (unpaired) electrons. The Morgan fingerprint density at radius 3 is 2.79 bits per heavy atom. The number of nitro groups is 1. The van der Waals surface area contributed by atoms with Gasteiger partial charge >= 0.3 is 0 Å². The molecule has 0 heterocycles. The largest absolute Gasteiger partial charge is 0.497 e. The lowest BCUT2D eigenvalue weighted by Crippen LogP contribution is -2.05. The zero-order valence-electron chi connectivity index (χ0n) is 8.32. The molecule has 0 spiro atoms. The number of ether oxygens (including phenoxy) is 1. The summed E-state index contributed by atoms with van der Waals surface area (Å²) in [6.07, 6.45) is 0.454. The summed E-state index contributed by atoms with van der Waals surface area (Å²) in [7, 11) is 1.59. The lowest BCUT2D eigenvalue weighted by Gasteiger charge is -2.05. The van der Waals surface area contributed by atoms with Gasteiger partial charge in [0.15, 0.2) is 0 Å². The standard InChI is InChI=1S/C10H13NO3/c1-8-3-4-10(14-2)7-9(8)5-6-11(12)13/h3-4,7H,5-6H2,1-2H3. The maximum absolute atomic E-state index is 10.2. The van der Waals surface area contributed by atoms with Crippen molar-refractivity contribution < 1.29 is 9.66 Å². The molecule has 0 bridgehead atoms. The highest BCUT2D eigenvalue weighted by atomic mass is 16.6. The molecule has 4 nitrogen and oxygen atoms in total. The number of hydrogen-bond donors (Lipinski definition) is 0. The quantitative estimate of drug-likeness (QED) is 0.544. The van der Waals surface area contributed by atoms with Crippen LogP contribution in [0.5, 0.6) is 5.75 Å². The maximum Gasteiger partial charge on any atom is 0.207 e. The van der Waals surface area contributed by atoms with Crippen LogP contribution in [-0.2, 0) is 6.42 Å². The fraction of sp³-hybridized carbons (Fsp3) is 0.400. The number of methoxy groups -OCH3 is 1. The molecule has 14 heavy (non-hydrogen) atoms. The molecule has 0 unspecified atom stereocenters. The Balaban J connectivity index is 2.78. The Hall–Kier alpha value is -1.58. The van der Waals surface area contributed by atoms with Crippen molar-refractivity contribution in [2.24, 2.45) is 0 Å². The summed E-state index contributed by atoms with van der Waals surface area (Å²) in [5.74, 6) is 0.744. The van der Waals surface area contributed by atoms with E-state index in [1.807, 2.05) is 25.1 Å². The van der Waals surface area contributed by atoms with Gasteiger partial charge in [0.2, 0.25) is 6.54 Å². The van der Waals surface area contributed by atoms with Crippen molar-refractivity contribution in [1.82, 2.24) is 0 Å². The lowest BCUT2D eigenvalue weighted by molar-refractivity contribution is -0.479. The fourth-order valence-corrected chi connectivity index (χ4v) is 1.26. The molecule has 0 fully saturated rings. The van der Waals surface area contributed by atoms with E-state index in [1.54, 1.807) is 7.11 Å². The lowest BCUT2D eigenvalue weighted by atomic mass is 10.1. The Kier molecular flexibility index (Phi) is 3.45. The first-order valence-electron chi connectivity index (χ1n) is 4.39. The molecule has 0 aliphatic heterocycles. The molecule has 1 rings (SSSR count). The van der Waals surface area contributed by atoms with Crippen LogP contribution < -0.4 is 4.74 Å². The van der Waals surface area contributed by atoms with E-state index in [0.29, 0.717) is 6.42 Å². The summed E-state index contributed by atoms with van der Waals surface area (Å²) < 4.78 is 5.05. The highest BCUT2D eigenvalue weighted by Crippen LogP contribution is 2.17. The average molecular weight is 195 g/mol. The van der Waals surface area contributed by atoms with E-state index >= 15 is 0 Å². The van der Waals surface area contributed by atoms with Crippen LogP contribution in [-0.4, -0.2) is 18.6 Å². The Morgan fingerprint density at radius 2 is 2.21 bits per heavy atom. The first-order chi connectivity index (χ1) is 6.63. The molecule has 1 aromatic rings. The second kappa shape index (κ2) is 4.60. The van der Waals surface area contributed by atoms with Gasteiger partial charge in [0.25, 0.3) is 0 Å². The molecular weight excluding hydrogens is 182 g/mol. The third-order valence-electron chi connectivity index (χ3n) is 2.12. The van der Waals surface area contributed by atoms with Gasteiger partial charge in [0.05, 0.1) is 7.11 Å². The van der Waals surface area contributed by atoms with Crippen LogP contribution in [0.2, 0.25) is 0 Å². The summed E-state index contributed by atoms with van der Waals surface area (Å²) in [5.41, 5.74) is 2.04. The van der Waals surface area contributed by atoms with Crippen molar-refractivity contribution in [3.63, 3.8) is 0 Å². The molecule has 0 aliphatic carbocycles. The SMILES string of the molecule is COc1ccc(C)c(CC[N+](=O)[O-])c1. The number of nitrogens with zero attached hydrogens (tertiary/aromatic N) is 1. The predicted octanol–water partition coefficient (Wildman–Crippen LogP) is 1.82. The molecule has 0 saturated heterocycles. The van der Waals surface area contributed by atoms with E-state index in [-0.39, 0.29) is 11.5 Å². The number of hydrogen-bond acceptors (Lipinski definition) is 3. The van der Waals surface area contributed by atoms with Crippen molar-refractivity contribution in [2.75, 3.05) is 13.7 Å². The van der Waals surface area contributed by atoms with Crippen LogP contribution in [0.4, 0.5) is 0 Å². The third-order valence-corrected chi connectivity index (χ3v) is 2.12. The second-order valence-corrected chi connectivity index (χ2v) is 3.10. The Bertz CT molecular complexity index is 336. The van der Waals surface area contributed by atoms with Gasteiger partial charge in [-0.1, -0.05) is 6.07 Å². The molecule has 1 aromatic carbocycles. The van der Waals surface area contributed by atoms with Crippen LogP contribution >= 0.6 is 0 Å². The summed E-state index contributed by atoms with van der Waals surface area (Å²) in [6.45, 7) is 1.91. The van der Waals surface area contributed by atoms with Crippen molar-refractivity contribution in [3.8, 4) is 5.75 Å². The molecule has 0 saturated carbocycles. The molecule has 0 aliphatic rings. The monoisotopic (exact) mass is 195 g/mol. The first-order valence-corrected chi connectivity index (χ1v) is 4.39. The minimum absolute atomic E-state index is 0.0337. The molecule has 76 valence electrons. The van der Waals surface area contributed by atoms with Gasteiger partial charge in [-0.2, -0.15) is 0 Å². The first kappa shape index (κ1) is 10.5. The zero-order valence-corrected chi connectivity index (χ0v) is 8.32. The van der Waals surface area contributed by atoms with E-state index in [0.717, 1.165) is 16.9 Å². The predicted molar refractivity (Wildman–Crippen MR) is 53.3 cm³/mol. The molecule has 0 aromatic heterocycles. The third kappa shape index (κ3) is 2.73. The van der Waals surface area contributed by atoms with Crippen molar-refractivity contribution >= 4 is 0 Å². The van der Waals surface area contributed by atoms with Crippen molar-refractivity contribution in [2.45, 2.75) is 13.3 Å². The summed E-state index contributed by atoms with van der Waals surface area (Å²) in [6, 6.07) is 5.61. The molecule has 0 N–H and O–H groups in total. The second-order valence-electron chi connectivity index (χ2n) is 3.10. The van der Waals surface area contributed by atoms with Gasteiger partial charge in [-0.3, -0.25) is 10.1 Å². The summed E-state index contributed by atoms with van der Waals surface area (Å²) in [5, 5.41) is 10.2. The number of rotatable bonds is 4. The smallest absolute Gasteiger partial charge is 0.207 e. The molecule has 0 amide bonds. The van der Waals surface area contributed by atoms with Gasteiger partial charge in [0.1, 0.15) is 5.75 Å². The maximum atomic E-state index is 10.2. The average Bonchev–Trinajstić information content (AvgIpc) is 2.16. The molecular formula is C10H13NO3. The van der Waals surface area contributed by atoms with Gasteiger partial charge in [0, 0.05) is 11.3 Å². The van der Waals surface area contributed by atoms with Gasteiger partial charge < -0.3 is 4.74 Å². The number of benzene rings is 1. The minimum Gasteiger partial charge on any atom is -0.497 e. The van der Waals surface area contributed by atoms with Crippen LogP contribution in [0.3, 0.4) is 0 Å². The summed E-state index contributed by atoms with van der Waals surface area (Å²) in [4.78, 5) is 9.91. The minimum atomic E-state index is -0.307. The highest BCUT2D eigenvalue weighted by Gasteiger charge is 2.04. The molecule has 4 heteroatoms. The van der Waals surface area contributed by atoms with Crippen LogP contribution in [0.25, 0.3) is 0 Å². The van der Waals surface area contributed by atoms with E-state index in [1.165, 1.54) is 0 Å². The van der Waals surface area contributed by atoms with Crippen LogP contribution in [0, 0.1) is 17.0 Å². The Morgan fingerprint density at radius 1 is 1.50 bits per heavy atom. The topological polar surface area (TPSA) is 52.4 Å². The fourth-order valence-electron chi connectivity index (χ4n) is 1.26. The van der Waals surface area contributed by atoms with Crippen LogP contribution in [0.1, 0.15) is 11.1 Å². The number of aryl methyl sites for hydroxylation is 1. The van der Waals surface area contributed by atoms with E-state index in [2.05, 4.69) is 0 Å². The van der Waals surface area contributed by atoms with E-state index in [9.17, 15) is 10.1 Å². The van der Waals surface area contributed by atoms with Crippen LogP contribution in [0.15, 0.2) is 18.2 Å². The van der Waals surface area contributed by atoms with Crippen molar-refractivity contribution in [3.05, 3.63) is 39.4 Å². The highest BCUT2D eigenvalue weighted by molar-refractivity contribution is 5.34. The van der Waals surface area contributed by atoms with Gasteiger partial charge in [-0.25, -0.2) is 0 Å². The molecule has 0 atom stereocenters. The zero-order chi connectivity index (χ0) is 10.6. The van der Waals surface area contributed by atoms with Gasteiger partial charge in [-0.05, 0) is 30.2 Å². The normalized spacial score (nSPS) is 9.86. The van der Waals surface area contributed by atoms with Crippen molar-refractivity contribution in [1.29, 1.82) is 0 Å². The van der Waals surface area contributed by atoms with E-state index in [4.69, 9.17) is 4.74 Å².